The highest BCUT2D eigenvalue weighted by Gasteiger charge is 2.17. The summed E-state index contributed by atoms with van der Waals surface area (Å²) in [5.74, 6) is -0.212. The zero-order valence-electron chi connectivity index (χ0n) is 12.2. The van der Waals surface area contributed by atoms with E-state index in [-0.39, 0.29) is 11.5 Å². The van der Waals surface area contributed by atoms with Crippen LogP contribution in [0.3, 0.4) is 0 Å². The van der Waals surface area contributed by atoms with E-state index in [1.54, 1.807) is 23.1 Å². The number of carbonyl (C=O) groups excluding carboxylic acids is 1. The third kappa shape index (κ3) is 2.51. The Morgan fingerprint density at radius 3 is 2.45 bits per heavy atom. The van der Waals surface area contributed by atoms with Crippen molar-refractivity contribution in [2.24, 2.45) is 0 Å². The average molecular weight is 292 g/mol. The second-order valence-electron chi connectivity index (χ2n) is 4.98. The van der Waals surface area contributed by atoms with Crippen LogP contribution in [0, 0.1) is 0 Å². The minimum atomic E-state index is -0.245. The molecule has 0 radical (unpaired) electrons. The lowest BCUT2D eigenvalue weighted by atomic mass is 10.1. The molecule has 0 saturated carbocycles. The van der Waals surface area contributed by atoms with Crippen LogP contribution in [0.5, 0.6) is 0 Å². The van der Waals surface area contributed by atoms with Gasteiger partial charge in [-0.2, -0.15) is 0 Å². The van der Waals surface area contributed by atoms with Crippen LogP contribution >= 0.6 is 0 Å². The van der Waals surface area contributed by atoms with Gasteiger partial charge < -0.3 is 9.88 Å². The minimum absolute atomic E-state index is 0.212. The fraction of sp³-hybridized carbons (Fsp3) is 0.111. The van der Waals surface area contributed by atoms with Crippen molar-refractivity contribution in [3.8, 4) is 0 Å². The minimum Gasteiger partial charge on any atom is -0.317 e. The van der Waals surface area contributed by atoms with E-state index in [0.717, 1.165) is 11.1 Å². The summed E-state index contributed by atoms with van der Waals surface area (Å²) in [6, 6.07) is 18.4. The second kappa shape index (κ2) is 5.85. The van der Waals surface area contributed by atoms with E-state index in [1.807, 2.05) is 49.4 Å². The molecule has 1 heterocycles. The number of aromatic nitrogens is 1. The van der Waals surface area contributed by atoms with Gasteiger partial charge in [-0.1, -0.05) is 36.4 Å². The van der Waals surface area contributed by atoms with Crippen molar-refractivity contribution in [3.63, 3.8) is 0 Å². The summed E-state index contributed by atoms with van der Waals surface area (Å²) in [6.45, 7) is 2.43. The smallest absolute Gasteiger partial charge is 0.274 e. The van der Waals surface area contributed by atoms with E-state index >= 15 is 0 Å². The number of carbonyl (C=O) groups is 1. The summed E-state index contributed by atoms with van der Waals surface area (Å²) in [6.07, 6.45) is 0. The zero-order valence-corrected chi connectivity index (χ0v) is 12.2. The van der Waals surface area contributed by atoms with E-state index in [1.165, 1.54) is 0 Å². The van der Waals surface area contributed by atoms with Crippen molar-refractivity contribution in [3.05, 3.63) is 76.7 Å². The highest BCUT2D eigenvalue weighted by molar-refractivity contribution is 6.06. The van der Waals surface area contributed by atoms with E-state index in [2.05, 4.69) is 4.98 Å². The molecule has 0 bridgehead atoms. The number of anilines is 1. The number of amides is 1. The van der Waals surface area contributed by atoms with Crippen molar-refractivity contribution < 1.29 is 4.79 Å². The first kappa shape index (κ1) is 14.1. The van der Waals surface area contributed by atoms with E-state index in [0.29, 0.717) is 17.6 Å². The maximum absolute atomic E-state index is 12.7. The Balaban J connectivity index is 2.06. The lowest BCUT2D eigenvalue weighted by Gasteiger charge is -2.21. The first-order chi connectivity index (χ1) is 10.7. The van der Waals surface area contributed by atoms with Gasteiger partial charge in [0.1, 0.15) is 5.69 Å². The topological polar surface area (TPSA) is 53.2 Å². The number of para-hydroxylation sites is 1. The van der Waals surface area contributed by atoms with Crippen LogP contribution in [0.1, 0.15) is 17.4 Å². The van der Waals surface area contributed by atoms with Crippen molar-refractivity contribution in [1.29, 1.82) is 0 Å². The van der Waals surface area contributed by atoms with E-state index < -0.39 is 0 Å². The molecule has 22 heavy (non-hydrogen) atoms. The van der Waals surface area contributed by atoms with Crippen molar-refractivity contribution in [2.45, 2.75) is 6.92 Å². The normalized spacial score (nSPS) is 10.6. The molecule has 110 valence electrons. The molecule has 2 aromatic carbocycles. The first-order valence-corrected chi connectivity index (χ1v) is 7.19. The Morgan fingerprint density at radius 2 is 1.73 bits per heavy atom. The molecule has 1 amide bonds. The molecular formula is C18H16N2O2. The van der Waals surface area contributed by atoms with Crippen molar-refractivity contribution in [1.82, 2.24) is 4.98 Å². The third-order valence-electron chi connectivity index (χ3n) is 3.61. The van der Waals surface area contributed by atoms with Gasteiger partial charge in [-0.3, -0.25) is 9.59 Å². The molecule has 0 spiro atoms. The van der Waals surface area contributed by atoms with Crippen LogP contribution in [-0.2, 0) is 0 Å². The van der Waals surface area contributed by atoms with Gasteiger partial charge in [0.2, 0.25) is 0 Å². The van der Waals surface area contributed by atoms with Gasteiger partial charge in [-0.15, -0.1) is 0 Å². The second-order valence-corrected chi connectivity index (χ2v) is 4.98. The Morgan fingerprint density at radius 1 is 1.05 bits per heavy atom. The number of hydrogen-bond acceptors (Lipinski definition) is 2. The quantitative estimate of drug-likeness (QED) is 0.806. The molecule has 1 N–H and O–H groups in total. The van der Waals surface area contributed by atoms with Crippen LogP contribution in [0.2, 0.25) is 0 Å². The Bertz CT molecular complexity index is 869. The van der Waals surface area contributed by atoms with Crippen LogP contribution in [0.25, 0.3) is 10.8 Å². The summed E-state index contributed by atoms with van der Waals surface area (Å²) in [4.78, 5) is 29.2. The monoisotopic (exact) mass is 292 g/mol. The summed E-state index contributed by atoms with van der Waals surface area (Å²) in [5, 5.41) is 1.35. The average Bonchev–Trinajstić information content (AvgIpc) is 2.56. The number of fused-ring (bicyclic) bond motifs is 1. The molecule has 4 heteroatoms. The lowest BCUT2D eigenvalue weighted by molar-refractivity contribution is 0.0983. The largest absolute Gasteiger partial charge is 0.317 e. The summed E-state index contributed by atoms with van der Waals surface area (Å²) >= 11 is 0. The summed E-state index contributed by atoms with van der Waals surface area (Å²) in [7, 11) is 0. The van der Waals surface area contributed by atoms with Crippen molar-refractivity contribution >= 4 is 22.4 Å². The number of rotatable bonds is 3. The summed E-state index contributed by atoms with van der Waals surface area (Å²) < 4.78 is 0. The number of hydrogen-bond donors (Lipinski definition) is 1. The van der Waals surface area contributed by atoms with Gasteiger partial charge in [0.25, 0.3) is 11.5 Å². The molecule has 4 nitrogen and oxygen atoms in total. The highest BCUT2D eigenvalue weighted by atomic mass is 16.2. The fourth-order valence-electron chi connectivity index (χ4n) is 2.52. The van der Waals surface area contributed by atoms with E-state index in [9.17, 15) is 9.59 Å². The van der Waals surface area contributed by atoms with E-state index in [4.69, 9.17) is 0 Å². The maximum Gasteiger partial charge on any atom is 0.274 e. The van der Waals surface area contributed by atoms with Crippen molar-refractivity contribution in [2.75, 3.05) is 11.4 Å². The third-order valence-corrected chi connectivity index (χ3v) is 3.61. The molecule has 3 rings (SSSR count). The number of nitrogens with one attached hydrogen (secondary N) is 1. The van der Waals surface area contributed by atoms with Gasteiger partial charge in [0.05, 0.1) is 0 Å². The highest BCUT2D eigenvalue weighted by Crippen LogP contribution is 2.17. The molecule has 0 aliphatic rings. The van der Waals surface area contributed by atoms with Gasteiger partial charge in [-0.25, -0.2) is 0 Å². The first-order valence-electron chi connectivity index (χ1n) is 7.19. The molecule has 0 unspecified atom stereocenters. The predicted octanol–water partition coefficient (Wildman–Crippen LogP) is 3.19. The van der Waals surface area contributed by atoms with Crippen LogP contribution in [-0.4, -0.2) is 17.4 Å². The standard InChI is InChI=1S/C18H16N2O2/c1-2-20(14-9-4-3-5-10-14)18(22)16-12-13-8-6-7-11-15(13)17(21)19-16/h3-12H,2H2,1H3,(H,19,21). The predicted molar refractivity (Wildman–Crippen MR) is 88.4 cm³/mol. The molecular weight excluding hydrogens is 276 g/mol. The summed E-state index contributed by atoms with van der Waals surface area (Å²) in [5.41, 5.74) is 0.865. The molecule has 1 aromatic heterocycles. The fourth-order valence-corrected chi connectivity index (χ4v) is 2.52. The van der Waals surface area contributed by atoms with Gasteiger partial charge in [-0.05, 0) is 36.6 Å². The Kier molecular flexibility index (Phi) is 3.74. The van der Waals surface area contributed by atoms with Crippen LogP contribution < -0.4 is 10.5 Å². The molecule has 0 aliphatic heterocycles. The molecule has 0 aliphatic carbocycles. The number of benzene rings is 2. The lowest BCUT2D eigenvalue weighted by Crippen LogP contribution is -2.32. The molecule has 0 atom stereocenters. The van der Waals surface area contributed by atoms with Gasteiger partial charge in [0.15, 0.2) is 0 Å². The molecule has 0 saturated heterocycles. The van der Waals surface area contributed by atoms with Gasteiger partial charge in [0, 0.05) is 17.6 Å². The number of pyridine rings is 1. The number of H-pyrrole nitrogens is 1. The zero-order chi connectivity index (χ0) is 15.5. The molecule has 3 aromatic rings. The Hall–Kier alpha value is -2.88. The maximum atomic E-state index is 12.7. The molecule has 0 fully saturated rings. The number of nitrogens with zero attached hydrogens (tertiary/aromatic N) is 1. The van der Waals surface area contributed by atoms with Gasteiger partial charge >= 0.3 is 0 Å². The number of aromatic amines is 1. The Labute approximate surface area is 128 Å². The SMILES string of the molecule is CCN(C(=O)c1cc2ccccc2c(=O)[nH]1)c1ccccc1. The van der Waals surface area contributed by atoms with Crippen LogP contribution in [0.15, 0.2) is 65.5 Å². The van der Waals surface area contributed by atoms with Crippen LogP contribution in [0.4, 0.5) is 5.69 Å².